The Labute approximate surface area is 239 Å². The molecular formula is C37H29NO3. The Kier molecular flexibility index (Phi) is 5.86. The number of hydrogen-bond acceptors (Lipinski definition) is 3. The zero-order valence-corrected chi connectivity index (χ0v) is 22.7. The largest absolute Gasteiger partial charge is 0.443 e. The number of ether oxygens (including phenoxy) is 1. The molecule has 0 aromatic heterocycles. The van der Waals surface area contributed by atoms with Crippen LogP contribution in [0.5, 0.6) is 0 Å². The lowest BCUT2D eigenvalue weighted by Gasteiger charge is -2.44. The average molecular weight is 536 g/mol. The van der Waals surface area contributed by atoms with Crippen LogP contribution in [0.25, 0.3) is 0 Å². The number of esters is 1. The van der Waals surface area contributed by atoms with E-state index >= 15 is 4.79 Å². The van der Waals surface area contributed by atoms with Gasteiger partial charge in [0.2, 0.25) is 5.60 Å². The molecule has 41 heavy (non-hydrogen) atoms. The summed E-state index contributed by atoms with van der Waals surface area (Å²) in [5.74, 6) is -1.07. The van der Waals surface area contributed by atoms with Gasteiger partial charge in [0.15, 0.2) is 0 Å². The van der Waals surface area contributed by atoms with E-state index in [1.165, 1.54) is 0 Å². The van der Waals surface area contributed by atoms with Gasteiger partial charge in [-0.1, -0.05) is 133 Å². The molecule has 0 saturated carbocycles. The fraction of sp³-hybridized carbons (Fsp3) is 0.135. The third kappa shape index (κ3) is 3.60. The highest BCUT2D eigenvalue weighted by atomic mass is 16.6. The topological polar surface area (TPSA) is 46.6 Å². The van der Waals surface area contributed by atoms with Crippen LogP contribution in [-0.2, 0) is 25.5 Å². The zero-order valence-electron chi connectivity index (χ0n) is 22.7. The summed E-state index contributed by atoms with van der Waals surface area (Å²) in [5, 5.41) is 0. The summed E-state index contributed by atoms with van der Waals surface area (Å²) in [6.45, 7) is 2.01. The third-order valence-electron chi connectivity index (χ3n) is 8.56. The Bertz CT molecular complexity index is 1640. The van der Waals surface area contributed by atoms with E-state index in [0.29, 0.717) is 0 Å². The van der Waals surface area contributed by atoms with Crippen molar-refractivity contribution in [3.8, 4) is 0 Å². The van der Waals surface area contributed by atoms with E-state index in [4.69, 9.17) is 4.74 Å². The fourth-order valence-corrected chi connectivity index (χ4v) is 6.87. The van der Waals surface area contributed by atoms with Gasteiger partial charge in [-0.2, -0.15) is 0 Å². The van der Waals surface area contributed by atoms with E-state index in [2.05, 4.69) is 36.4 Å². The molecule has 4 heteroatoms. The highest BCUT2D eigenvalue weighted by Crippen LogP contribution is 2.60. The lowest BCUT2D eigenvalue weighted by atomic mass is 9.74. The van der Waals surface area contributed by atoms with E-state index in [1.807, 2.05) is 115 Å². The molecule has 0 bridgehead atoms. The third-order valence-corrected chi connectivity index (χ3v) is 8.56. The Morgan fingerprint density at radius 2 is 1.17 bits per heavy atom. The molecular weight excluding hydrogens is 506 g/mol. The van der Waals surface area contributed by atoms with E-state index in [9.17, 15) is 4.79 Å². The minimum Gasteiger partial charge on any atom is -0.443 e. The van der Waals surface area contributed by atoms with Gasteiger partial charge in [0, 0.05) is 11.5 Å². The number of hydrogen-bond donors (Lipinski definition) is 0. The summed E-state index contributed by atoms with van der Waals surface area (Å²) in [6, 6.07) is 46.3. The summed E-state index contributed by atoms with van der Waals surface area (Å²) in [6.07, 6.45) is 0.131. The molecule has 0 radical (unpaired) electrons. The van der Waals surface area contributed by atoms with Gasteiger partial charge in [0.25, 0.3) is 5.91 Å². The Morgan fingerprint density at radius 3 is 1.68 bits per heavy atom. The molecule has 7 rings (SSSR count). The number of aryl methyl sites for hydroxylation is 1. The zero-order chi connectivity index (χ0) is 28.0. The second-order valence-corrected chi connectivity index (χ2v) is 10.8. The van der Waals surface area contributed by atoms with E-state index < -0.39 is 17.1 Å². The summed E-state index contributed by atoms with van der Waals surface area (Å²) in [7, 11) is 0. The quantitative estimate of drug-likeness (QED) is 0.176. The number of carbonyl (C=O) groups is 2. The van der Waals surface area contributed by atoms with Gasteiger partial charge in [-0.25, -0.2) is 0 Å². The number of amides is 1. The Morgan fingerprint density at radius 1 is 0.683 bits per heavy atom. The van der Waals surface area contributed by atoms with Crippen molar-refractivity contribution < 1.29 is 14.3 Å². The first-order valence-corrected chi connectivity index (χ1v) is 14.0. The van der Waals surface area contributed by atoms with E-state index in [0.717, 1.165) is 39.1 Å². The minimum atomic E-state index is -1.48. The highest BCUT2D eigenvalue weighted by Gasteiger charge is 2.66. The van der Waals surface area contributed by atoms with Crippen molar-refractivity contribution in [2.45, 2.75) is 30.4 Å². The molecule has 2 aliphatic heterocycles. The first kappa shape index (κ1) is 25.0. The molecule has 2 atom stereocenters. The molecule has 1 fully saturated rings. The maximum absolute atomic E-state index is 15.4. The first-order valence-electron chi connectivity index (χ1n) is 14.0. The maximum atomic E-state index is 15.4. The predicted molar refractivity (Wildman–Crippen MR) is 159 cm³/mol. The van der Waals surface area contributed by atoms with Gasteiger partial charge in [-0.05, 0) is 41.3 Å². The number of fused-ring (bicyclic) bond motifs is 2. The number of anilines is 1. The van der Waals surface area contributed by atoms with Crippen molar-refractivity contribution in [3.63, 3.8) is 0 Å². The molecule has 1 saturated heterocycles. The van der Waals surface area contributed by atoms with Crippen LogP contribution in [0.1, 0.15) is 45.7 Å². The molecule has 0 unspecified atom stereocenters. The minimum absolute atomic E-state index is 0.131. The monoisotopic (exact) mass is 535 g/mol. The first-order chi connectivity index (χ1) is 20.1. The Balaban J connectivity index is 1.59. The highest BCUT2D eigenvalue weighted by molar-refractivity contribution is 6.12. The molecule has 5 aromatic rings. The van der Waals surface area contributed by atoms with Crippen LogP contribution in [0, 0.1) is 6.92 Å². The number of benzene rings is 5. The smallest absolute Gasteiger partial charge is 0.308 e. The van der Waals surface area contributed by atoms with Crippen molar-refractivity contribution in [2.75, 3.05) is 4.90 Å². The number of rotatable bonds is 5. The number of carbonyl (C=O) groups excluding carboxylic acids is 2. The SMILES string of the molecule is Cc1ccc2c(c1)[C@@]1(OC(=O)C[C@H]1c1ccccc1)C(=O)N2C(c1ccccc1)(c1ccccc1)c1ccccc1. The summed E-state index contributed by atoms with van der Waals surface area (Å²) in [5.41, 5.74) is 3.68. The van der Waals surface area contributed by atoms with Crippen molar-refractivity contribution >= 4 is 17.6 Å². The van der Waals surface area contributed by atoms with Crippen LogP contribution >= 0.6 is 0 Å². The van der Waals surface area contributed by atoms with Crippen molar-refractivity contribution in [3.05, 3.63) is 173 Å². The van der Waals surface area contributed by atoms with E-state index in [-0.39, 0.29) is 18.3 Å². The van der Waals surface area contributed by atoms with Crippen LogP contribution in [0.2, 0.25) is 0 Å². The molecule has 1 amide bonds. The van der Waals surface area contributed by atoms with Gasteiger partial charge in [0.1, 0.15) is 5.54 Å². The molecule has 5 aromatic carbocycles. The van der Waals surface area contributed by atoms with Crippen molar-refractivity contribution in [1.82, 2.24) is 0 Å². The average Bonchev–Trinajstić information content (AvgIpc) is 3.50. The lowest BCUT2D eigenvalue weighted by Crippen LogP contribution is -2.54. The second-order valence-electron chi connectivity index (χ2n) is 10.8. The molecule has 1 spiro atoms. The van der Waals surface area contributed by atoms with Crippen molar-refractivity contribution in [2.24, 2.45) is 0 Å². The molecule has 0 N–H and O–H groups in total. The molecule has 0 aliphatic carbocycles. The molecule has 2 aliphatic rings. The van der Waals surface area contributed by atoms with Gasteiger partial charge >= 0.3 is 5.97 Å². The second kappa shape index (κ2) is 9.60. The van der Waals surface area contributed by atoms with Crippen molar-refractivity contribution in [1.29, 1.82) is 0 Å². The summed E-state index contributed by atoms with van der Waals surface area (Å²) < 4.78 is 6.27. The van der Waals surface area contributed by atoms with Crippen LogP contribution in [0.4, 0.5) is 5.69 Å². The normalized spacial score (nSPS) is 19.8. The van der Waals surface area contributed by atoms with Crippen LogP contribution in [0.15, 0.2) is 140 Å². The molecule has 4 nitrogen and oxygen atoms in total. The van der Waals surface area contributed by atoms with Crippen LogP contribution in [-0.4, -0.2) is 11.9 Å². The van der Waals surface area contributed by atoms with Gasteiger partial charge in [-0.15, -0.1) is 0 Å². The lowest BCUT2D eigenvalue weighted by molar-refractivity contribution is -0.158. The van der Waals surface area contributed by atoms with Crippen LogP contribution < -0.4 is 4.90 Å². The standard InChI is InChI=1S/C37H29NO3/c1-26-22-23-33-32(24-26)37(31(25-34(39)41-37)27-14-6-2-7-15-27)35(40)38(33)36(28-16-8-3-9-17-28,29-18-10-4-11-19-29)30-20-12-5-13-21-30/h2-24,31H,25H2,1H3/t31-,37+/m0/s1. The predicted octanol–water partition coefficient (Wildman–Crippen LogP) is 7.26. The van der Waals surface area contributed by atoms with E-state index in [1.54, 1.807) is 0 Å². The summed E-state index contributed by atoms with van der Waals surface area (Å²) in [4.78, 5) is 30.5. The number of nitrogens with zero attached hydrogens (tertiary/aromatic N) is 1. The maximum Gasteiger partial charge on any atom is 0.308 e. The molecule has 2 heterocycles. The van der Waals surface area contributed by atoms with Gasteiger partial charge < -0.3 is 4.74 Å². The molecule has 200 valence electrons. The van der Waals surface area contributed by atoms with Gasteiger partial charge in [-0.3, -0.25) is 14.5 Å². The fourth-order valence-electron chi connectivity index (χ4n) is 6.87. The van der Waals surface area contributed by atoms with Crippen LogP contribution in [0.3, 0.4) is 0 Å². The van der Waals surface area contributed by atoms with Gasteiger partial charge in [0.05, 0.1) is 12.1 Å². The summed E-state index contributed by atoms with van der Waals surface area (Å²) >= 11 is 0. The Hall–Kier alpha value is -4.96.